The van der Waals surface area contributed by atoms with Gasteiger partial charge in [-0.1, -0.05) is 26.7 Å². The molecule has 0 bridgehead atoms. The van der Waals surface area contributed by atoms with Crippen LogP contribution in [0.5, 0.6) is 0 Å². The molecule has 11 heavy (non-hydrogen) atoms. The van der Waals surface area contributed by atoms with Crippen LogP contribution in [0.3, 0.4) is 0 Å². The van der Waals surface area contributed by atoms with Crippen molar-refractivity contribution in [3.8, 4) is 0 Å². The highest BCUT2D eigenvalue weighted by Gasteiger charge is 1.90. The van der Waals surface area contributed by atoms with Crippen LogP contribution in [0.4, 0.5) is 0 Å². The molecule has 1 radical (unpaired) electrons. The second-order valence-corrected chi connectivity index (χ2v) is 2.91. The molecule has 0 aliphatic carbocycles. The highest BCUT2D eigenvalue weighted by Crippen LogP contribution is 2.00. The Labute approximate surface area is 70.9 Å². The first kappa shape index (κ1) is 10.7. The van der Waals surface area contributed by atoms with Gasteiger partial charge < -0.3 is 0 Å². The van der Waals surface area contributed by atoms with Crippen LogP contribution in [-0.2, 0) is 0 Å². The Morgan fingerprint density at radius 1 is 1.18 bits per heavy atom. The van der Waals surface area contributed by atoms with Crippen molar-refractivity contribution < 1.29 is 0 Å². The Bertz CT molecular complexity index is 105. The summed E-state index contributed by atoms with van der Waals surface area (Å²) in [5.41, 5.74) is 1.08. The fourth-order valence-electron chi connectivity index (χ4n) is 0.928. The van der Waals surface area contributed by atoms with Gasteiger partial charge in [0.15, 0.2) is 0 Å². The molecule has 1 heteroatoms. The average molecular weight is 154 g/mol. The molecule has 0 amide bonds. The van der Waals surface area contributed by atoms with Crippen LogP contribution in [0, 0.1) is 6.92 Å². The fourth-order valence-corrected chi connectivity index (χ4v) is 0.928. The summed E-state index contributed by atoms with van der Waals surface area (Å²) in [6.45, 7) is 9.20. The summed E-state index contributed by atoms with van der Waals surface area (Å²) in [5, 5.41) is 0. The quantitative estimate of drug-likeness (QED) is 0.411. The monoisotopic (exact) mass is 154 g/mol. The fraction of sp³-hybridized carbons (Fsp3) is 0.800. The van der Waals surface area contributed by atoms with E-state index in [0.717, 1.165) is 25.1 Å². The Balaban J connectivity index is 3.27. The standard InChI is InChI=1S/C10H20N/c1-4-6-7-8-10(3)11-9-5-2/h3-9H2,1-2H3/b11-10+. The smallest absolute Gasteiger partial charge is 0.0386 e. The van der Waals surface area contributed by atoms with Gasteiger partial charge in [0.25, 0.3) is 0 Å². The second kappa shape index (κ2) is 7.77. The van der Waals surface area contributed by atoms with Gasteiger partial charge in [-0.15, -0.1) is 0 Å². The molecule has 0 unspecified atom stereocenters. The lowest BCUT2D eigenvalue weighted by Gasteiger charge is -1.98. The highest BCUT2D eigenvalue weighted by molar-refractivity contribution is 5.88. The van der Waals surface area contributed by atoms with Gasteiger partial charge in [0.2, 0.25) is 0 Å². The molecule has 0 fully saturated rings. The SMILES string of the molecule is [CH2]/C(CCCCC)=N\CCC. The Morgan fingerprint density at radius 2 is 1.91 bits per heavy atom. The van der Waals surface area contributed by atoms with Crippen LogP contribution in [0.15, 0.2) is 4.99 Å². The predicted molar refractivity (Wildman–Crippen MR) is 52.1 cm³/mol. The summed E-state index contributed by atoms with van der Waals surface area (Å²) in [6, 6.07) is 0. The number of hydrogen-bond donors (Lipinski definition) is 0. The maximum atomic E-state index is 4.32. The zero-order chi connectivity index (χ0) is 8.53. The van der Waals surface area contributed by atoms with Crippen LogP contribution >= 0.6 is 0 Å². The molecule has 0 saturated heterocycles. The van der Waals surface area contributed by atoms with E-state index in [1.54, 1.807) is 0 Å². The van der Waals surface area contributed by atoms with Gasteiger partial charge in [0, 0.05) is 12.3 Å². The molecule has 0 saturated carbocycles. The van der Waals surface area contributed by atoms with E-state index in [0.29, 0.717) is 0 Å². The largest absolute Gasteiger partial charge is 0.294 e. The van der Waals surface area contributed by atoms with E-state index < -0.39 is 0 Å². The minimum atomic E-state index is 0.949. The van der Waals surface area contributed by atoms with Gasteiger partial charge in [0.1, 0.15) is 0 Å². The molecule has 0 rings (SSSR count). The Morgan fingerprint density at radius 3 is 2.45 bits per heavy atom. The lowest BCUT2D eigenvalue weighted by atomic mass is 10.1. The maximum Gasteiger partial charge on any atom is 0.0386 e. The number of aliphatic imine (C=N–C) groups is 1. The molecule has 0 aromatic carbocycles. The lowest BCUT2D eigenvalue weighted by Crippen LogP contribution is -1.93. The molecular formula is C10H20N. The first-order chi connectivity index (χ1) is 5.31. The third-order valence-corrected chi connectivity index (χ3v) is 1.63. The third-order valence-electron chi connectivity index (χ3n) is 1.63. The van der Waals surface area contributed by atoms with Gasteiger partial charge in [0.05, 0.1) is 0 Å². The van der Waals surface area contributed by atoms with E-state index in [1.807, 2.05) is 0 Å². The van der Waals surface area contributed by atoms with E-state index in [4.69, 9.17) is 0 Å². The van der Waals surface area contributed by atoms with Crippen molar-refractivity contribution >= 4 is 5.71 Å². The van der Waals surface area contributed by atoms with E-state index in [2.05, 4.69) is 25.8 Å². The molecule has 0 atom stereocenters. The van der Waals surface area contributed by atoms with Gasteiger partial charge in [-0.05, 0) is 26.2 Å². The van der Waals surface area contributed by atoms with Crippen molar-refractivity contribution in [1.29, 1.82) is 0 Å². The van der Waals surface area contributed by atoms with Crippen molar-refractivity contribution in [2.45, 2.75) is 46.0 Å². The van der Waals surface area contributed by atoms with Crippen LogP contribution in [0.2, 0.25) is 0 Å². The Kier molecular flexibility index (Phi) is 7.54. The molecule has 1 nitrogen and oxygen atoms in total. The zero-order valence-corrected chi connectivity index (χ0v) is 7.90. The van der Waals surface area contributed by atoms with Crippen molar-refractivity contribution in [3.63, 3.8) is 0 Å². The number of unbranched alkanes of at least 4 members (excludes halogenated alkanes) is 2. The van der Waals surface area contributed by atoms with E-state index in [-0.39, 0.29) is 0 Å². The number of hydrogen-bond acceptors (Lipinski definition) is 1. The molecule has 0 aliphatic rings. The van der Waals surface area contributed by atoms with Gasteiger partial charge in [-0.25, -0.2) is 0 Å². The summed E-state index contributed by atoms with van der Waals surface area (Å²) in [6.07, 6.45) is 6.06. The van der Waals surface area contributed by atoms with Crippen LogP contribution < -0.4 is 0 Å². The van der Waals surface area contributed by atoms with E-state index in [1.165, 1.54) is 19.3 Å². The highest BCUT2D eigenvalue weighted by atomic mass is 14.7. The van der Waals surface area contributed by atoms with E-state index >= 15 is 0 Å². The zero-order valence-electron chi connectivity index (χ0n) is 7.90. The van der Waals surface area contributed by atoms with Crippen molar-refractivity contribution in [2.75, 3.05) is 6.54 Å². The number of rotatable bonds is 6. The van der Waals surface area contributed by atoms with Crippen LogP contribution in [0.1, 0.15) is 46.0 Å². The van der Waals surface area contributed by atoms with Crippen LogP contribution in [-0.4, -0.2) is 12.3 Å². The molecule has 0 aromatic rings. The first-order valence-electron chi connectivity index (χ1n) is 4.66. The predicted octanol–water partition coefficient (Wildman–Crippen LogP) is 3.25. The summed E-state index contributed by atoms with van der Waals surface area (Å²) in [5.74, 6) is 0. The normalized spacial score (nSPS) is 12.1. The minimum absolute atomic E-state index is 0.949. The van der Waals surface area contributed by atoms with E-state index in [9.17, 15) is 0 Å². The molecule has 0 N–H and O–H groups in total. The summed E-state index contributed by atoms with van der Waals surface area (Å²) < 4.78 is 0. The molecule has 65 valence electrons. The lowest BCUT2D eigenvalue weighted by molar-refractivity contribution is 0.740. The summed E-state index contributed by atoms with van der Waals surface area (Å²) >= 11 is 0. The number of nitrogens with zero attached hydrogens (tertiary/aromatic N) is 1. The first-order valence-corrected chi connectivity index (χ1v) is 4.66. The molecular weight excluding hydrogens is 134 g/mol. The summed E-state index contributed by atoms with van der Waals surface area (Å²) in [7, 11) is 0. The topological polar surface area (TPSA) is 12.4 Å². The second-order valence-electron chi connectivity index (χ2n) is 2.91. The van der Waals surface area contributed by atoms with Gasteiger partial charge >= 0.3 is 0 Å². The van der Waals surface area contributed by atoms with Crippen LogP contribution in [0.25, 0.3) is 0 Å². The molecule has 0 spiro atoms. The Hall–Kier alpha value is -0.330. The molecule has 0 aliphatic heterocycles. The van der Waals surface area contributed by atoms with Gasteiger partial charge in [-0.2, -0.15) is 0 Å². The van der Waals surface area contributed by atoms with Crippen molar-refractivity contribution in [3.05, 3.63) is 6.92 Å². The van der Waals surface area contributed by atoms with Crippen molar-refractivity contribution in [2.24, 2.45) is 4.99 Å². The maximum absolute atomic E-state index is 4.32. The third kappa shape index (κ3) is 7.57. The average Bonchev–Trinajstić information content (AvgIpc) is 2.01. The van der Waals surface area contributed by atoms with Gasteiger partial charge in [-0.3, -0.25) is 4.99 Å². The molecule has 0 heterocycles. The minimum Gasteiger partial charge on any atom is -0.294 e. The summed E-state index contributed by atoms with van der Waals surface area (Å²) in [4.78, 5) is 4.32. The molecule has 0 aromatic heterocycles. The van der Waals surface area contributed by atoms with Crippen molar-refractivity contribution in [1.82, 2.24) is 0 Å².